The zero-order valence-corrected chi connectivity index (χ0v) is 26.7. The van der Waals surface area contributed by atoms with Gasteiger partial charge in [-0.25, -0.2) is 8.42 Å². The lowest BCUT2D eigenvalue weighted by atomic mass is 9.98. The smallest absolute Gasteiger partial charge is 0.270 e. The van der Waals surface area contributed by atoms with Gasteiger partial charge in [0.05, 0.1) is 12.0 Å². The number of ether oxygens (including phenoxy) is 2. The highest BCUT2D eigenvalue weighted by atomic mass is 32.2. The molecule has 0 N–H and O–H groups in total. The lowest BCUT2D eigenvalue weighted by molar-refractivity contribution is 0.0308. The predicted octanol–water partition coefficient (Wildman–Crippen LogP) is 5.16. The van der Waals surface area contributed by atoms with Crippen molar-refractivity contribution in [3.05, 3.63) is 54.2 Å². The third kappa shape index (κ3) is 5.65. The van der Waals surface area contributed by atoms with Crippen LogP contribution in [-0.2, 0) is 10.0 Å². The van der Waals surface area contributed by atoms with E-state index in [0.29, 0.717) is 42.7 Å². The number of rotatable bonds is 8. The van der Waals surface area contributed by atoms with Crippen LogP contribution in [0.5, 0.6) is 11.5 Å². The first-order valence-electron chi connectivity index (χ1n) is 15.6. The van der Waals surface area contributed by atoms with Gasteiger partial charge in [-0.2, -0.15) is 4.31 Å². The van der Waals surface area contributed by atoms with Crippen molar-refractivity contribution in [2.24, 2.45) is 0 Å². The summed E-state index contributed by atoms with van der Waals surface area (Å²) < 4.78 is 41.7. The van der Waals surface area contributed by atoms with Crippen molar-refractivity contribution in [1.29, 1.82) is 0 Å². The summed E-state index contributed by atoms with van der Waals surface area (Å²) in [5.74, 6) is 1.38. The van der Waals surface area contributed by atoms with E-state index in [2.05, 4.69) is 49.3 Å². The highest BCUT2D eigenvalue weighted by molar-refractivity contribution is 7.89. The van der Waals surface area contributed by atoms with Crippen molar-refractivity contribution in [2.45, 2.75) is 88.5 Å². The number of hydrogen-bond donors (Lipinski definition) is 0. The van der Waals surface area contributed by atoms with Crippen LogP contribution < -0.4 is 9.47 Å². The largest absolute Gasteiger partial charge is 0.497 e. The van der Waals surface area contributed by atoms with Crippen molar-refractivity contribution in [3.63, 3.8) is 0 Å². The molecule has 0 unspecified atom stereocenters. The molecule has 0 radical (unpaired) electrons. The molecule has 3 saturated heterocycles. The van der Waals surface area contributed by atoms with Crippen LogP contribution in [0.3, 0.4) is 0 Å². The highest BCUT2D eigenvalue weighted by Gasteiger charge is 2.42. The Bertz CT molecular complexity index is 1560. The molecule has 2 bridgehead atoms. The number of carbonyl (C=O) groups excluding carboxylic acids is 1. The Hall–Kier alpha value is -3.08. The van der Waals surface area contributed by atoms with Gasteiger partial charge in [0.2, 0.25) is 10.0 Å². The second-order valence-corrected chi connectivity index (χ2v) is 14.7. The average Bonchev–Trinajstić information content (AvgIpc) is 3.51. The minimum atomic E-state index is -3.65. The molecular formula is C33H44N4O5S. The van der Waals surface area contributed by atoms with Gasteiger partial charge in [-0.05, 0) is 102 Å². The number of piperidine rings is 1. The van der Waals surface area contributed by atoms with Crippen LogP contribution in [0, 0.1) is 0 Å². The minimum absolute atomic E-state index is 0.0773. The third-order valence-electron chi connectivity index (χ3n) is 9.41. The number of amides is 1. The monoisotopic (exact) mass is 608 g/mol. The predicted molar refractivity (Wildman–Crippen MR) is 167 cm³/mol. The summed E-state index contributed by atoms with van der Waals surface area (Å²) in [5, 5.41) is 0.984. The Balaban J connectivity index is 1.16. The van der Waals surface area contributed by atoms with Crippen LogP contribution in [0.2, 0.25) is 0 Å². The van der Waals surface area contributed by atoms with Gasteiger partial charge < -0.3 is 18.9 Å². The molecule has 0 saturated carbocycles. The lowest BCUT2D eigenvalue weighted by Gasteiger charge is -2.41. The standard InChI is InChI=1S/C33H44N4O5S/c1-22(2)36-25-6-7-26(36)21-29(20-25)42-28-10-13-31-24(18-28)19-32(37(31)23(3)4)33(38)34-14-16-35(17-15-34)43(39,40)30-11-8-27(41-5)9-12-30/h8-13,18-19,22-23,25-26,29H,6-7,14-17,20-21H2,1-5H3/t25-,26+,29-. The topological polar surface area (TPSA) is 84.3 Å². The van der Waals surface area contributed by atoms with Crippen molar-refractivity contribution >= 4 is 26.8 Å². The summed E-state index contributed by atoms with van der Waals surface area (Å²) in [5.41, 5.74) is 1.62. The van der Waals surface area contributed by atoms with Gasteiger partial charge in [0.15, 0.2) is 0 Å². The minimum Gasteiger partial charge on any atom is -0.497 e. The number of methoxy groups -OCH3 is 1. The molecule has 0 aliphatic carbocycles. The fourth-order valence-electron chi connectivity index (χ4n) is 7.49. The van der Waals surface area contributed by atoms with Gasteiger partial charge in [0.1, 0.15) is 23.3 Å². The van der Waals surface area contributed by atoms with Crippen LogP contribution >= 0.6 is 0 Å². The molecule has 9 nitrogen and oxygen atoms in total. The van der Waals surface area contributed by atoms with Crippen molar-refractivity contribution in [3.8, 4) is 11.5 Å². The Kier molecular flexibility index (Phi) is 8.21. The number of carbonyl (C=O) groups is 1. The maximum atomic E-state index is 13.8. The van der Waals surface area contributed by atoms with Crippen molar-refractivity contribution < 1.29 is 22.7 Å². The van der Waals surface area contributed by atoms with E-state index in [0.717, 1.165) is 29.5 Å². The van der Waals surface area contributed by atoms with E-state index < -0.39 is 10.0 Å². The molecule has 3 aliphatic heterocycles. The number of benzene rings is 2. The summed E-state index contributed by atoms with van der Waals surface area (Å²) in [6, 6.07) is 16.4. The van der Waals surface area contributed by atoms with E-state index in [1.165, 1.54) is 17.1 Å². The molecule has 3 aliphatic rings. The Morgan fingerprint density at radius 2 is 1.47 bits per heavy atom. The normalized spacial score (nSPS) is 23.4. The number of piperazine rings is 1. The van der Waals surface area contributed by atoms with Gasteiger partial charge in [-0.1, -0.05) is 0 Å². The van der Waals surface area contributed by atoms with Gasteiger partial charge in [-0.3, -0.25) is 9.69 Å². The Labute approximate surface area is 255 Å². The average molecular weight is 609 g/mol. The molecule has 232 valence electrons. The molecular weight excluding hydrogens is 564 g/mol. The zero-order chi connectivity index (χ0) is 30.5. The number of aromatic nitrogens is 1. The molecule has 0 spiro atoms. The van der Waals surface area contributed by atoms with Crippen molar-refractivity contribution in [2.75, 3.05) is 33.3 Å². The van der Waals surface area contributed by atoms with Crippen LogP contribution in [0.1, 0.15) is 69.9 Å². The molecule has 3 fully saturated rings. The number of fused-ring (bicyclic) bond motifs is 3. The fourth-order valence-corrected chi connectivity index (χ4v) is 8.92. The van der Waals surface area contributed by atoms with Gasteiger partial charge >= 0.3 is 0 Å². The molecule has 1 amide bonds. The first-order valence-corrected chi connectivity index (χ1v) is 17.0. The Morgan fingerprint density at radius 3 is 2.05 bits per heavy atom. The maximum absolute atomic E-state index is 13.8. The molecule has 2 aromatic carbocycles. The SMILES string of the molecule is COc1ccc(S(=O)(=O)N2CCN(C(=O)c3cc4cc(O[C@@H]5C[C@H]6CC[C@@H](C5)N6C(C)C)ccc4n3C(C)C)CC2)cc1. The van der Waals surface area contributed by atoms with E-state index in [-0.39, 0.29) is 36.0 Å². The maximum Gasteiger partial charge on any atom is 0.270 e. The van der Waals surface area contributed by atoms with Gasteiger partial charge in [-0.15, -0.1) is 0 Å². The molecule has 6 rings (SSSR count). The quantitative estimate of drug-likeness (QED) is 0.351. The summed E-state index contributed by atoms with van der Waals surface area (Å²) in [7, 11) is -2.11. The van der Waals surface area contributed by atoms with E-state index in [4.69, 9.17) is 9.47 Å². The Morgan fingerprint density at radius 1 is 0.837 bits per heavy atom. The van der Waals surface area contributed by atoms with Crippen LogP contribution in [0.25, 0.3) is 10.9 Å². The van der Waals surface area contributed by atoms with Crippen LogP contribution in [0.15, 0.2) is 53.4 Å². The summed E-state index contributed by atoms with van der Waals surface area (Å²) in [6.07, 6.45) is 4.84. The van der Waals surface area contributed by atoms with Crippen LogP contribution in [0.4, 0.5) is 0 Å². The zero-order valence-electron chi connectivity index (χ0n) is 25.9. The van der Waals surface area contributed by atoms with Crippen LogP contribution in [-0.4, -0.2) is 90.5 Å². The molecule has 4 heterocycles. The fraction of sp³-hybridized carbons (Fsp3) is 0.545. The second kappa shape index (κ2) is 11.8. The van der Waals surface area contributed by atoms with E-state index in [9.17, 15) is 13.2 Å². The third-order valence-corrected chi connectivity index (χ3v) is 11.3. The summed E-state index contributed by atoms with van der Waals surface area (Å²) >= 11 is 0. The number of sulfonamides is 1. The lowest BCUT2D eigenvalue weighted by Crippen LogP contribution is -2.50. The van der Waals surface area contributed by atoms with Gasteiger partial charge in [0.25, 0.3) is 5.91 Å². The van der Waals surface area contributed by atoms with E-state index in [1.54, 1.807) is 36.3 Å². The van der Waals surface area contributed by atoms with Crippen molar-refractivity contribution in [1.82, 2.24) is 18.7 Å². The summed E-state index contributed by atoms with van der Waals surface area (Å²) in [4.78, 5) is 18.5. The van der Waals surface area contributed by atoms with E-state index >= 15 is 0 Å². The molecule has 3 aromatic rings. The second-order valence-electron chi connectivity index (χ2n) is 12.7. The highest BCUT2D eigenvalue weighted by Crippen LogP contribution is 2.39. The molecule has 10 heteroatoms. The molecule has 1 aromatic heterocycles. The number of nitrogens with zero attached hydrogens (tertiary/aromatic N) is 4. The molecule has 3 atom stereocenters. The first-order chi connectivity index (χ1) is 20.6. The van der Waals surface area contributed by atoms with Gasteiger partial charge in [0, 0.05) is 61.2 Å². The number of hydrogen-bond acceptors (Lipinski definition) is 6. The molecule has 43 heavy (non-hydrogen) atoms. The first kappa shape index (κ1) is 30.0. The van der Waals surface area contributed by atoms with E-state index in [1.807, 2.05) is 12.1 Å². The summed E-state index contributed by atoms with van der Waals surface area (Å²) in [6.45, 7) is 9.91.